The number of amides is 2. The predicted molar refractivity (Wildman–Crippen MR) is 146 cm³/mol. The zero-order valence-electron chi connectivity index (χ0n) is 20.4. The molecule has 0 aliphatic carbocycles. The van der Waals surface area contributed by atoms with Crippen LogP contribution in [0.5, 0.6) is 0 Å². The fourth-order valence-electron chi connectivity index (χ4n) is 4.56. The largest absolute Gasteiger partial charge is 0.422 e. The summed E-state index contributed by atoms with van der Waals surface area (Å²) < 4.78 is 5.45. The summed E-state index contributed by atoms with van der Waals surface area (Å²) in [6.07, 6.45) is 0.508. The molecule has 188 valence electrons. The molecule has 1 N–H and O–H groups in total. The third-order valence-corrected chi connectivity index (χ3v) is 6.86. The minimum atomic E-state index is -0.460. The molecular formula is C29H26ClN3O4. The van der Waals surface area contributed by atoms with Gasteiger partial charge in [-0.05, 0) is 48.0 Å². The van der Waals surface area contributed by atoms with Crippen molar-refractivity contribution < 1.29 is 14.0 Å². The van der Waals surface area contributed by atoms with Crippen LogP contribution in [0.15, 0.2) is 82.0 Å². The average Bonchev–Trinajstić information content (AvgIpc) is 2.92. The van der Waals surface area contributed by atoms with Crippen molar-refractivity contribution in [3.8, 4) is 11.1 Å². The third-order valence-electron chi connectivity index (χ3n) is 6.56. The molecule has 1 fully saturated rings. The number of hydrogen-bond acceptors (Lipinski definition) is 5. The Labute approximate surface area is 219 Å². The molecule has 1 aromatic heterocycles. The molecule has 5 rings (SSSR count). The van der Waals surface area contributed by atoms with Crippen LogP contribution < -0.4 is 15.8 Å². The minimum Gasteiger partial charge on any atom is -0.422 e. The van der Waals surface area contributed by atoms with Gasteiger partial charge in [0.2, 0.25) is 5.91 Å². The standard InChI is InChI=1S/C29H26ClN3O4/c1-2-27(34)33-14-12-32(13-15-33)25-11-10-22(18-24(25)30)31-28(35)21-8-5-7-19(16-21)23-17-20-6-3-4-9-26(20)37-29(23)36/h3-11,16-18H,2,12-15H2,1H3,(H,31,35). The van der Waals surface area contributed by atoms with Gasteiger partial charge in [0.15, 0.2) is 0 Å². The third kappa shape index (κ3) is 5.22. The van der Waals surface area contributed by atoms with Crippen molar-refractivity contribution in [2.24, 2.45) is 0 Å². The molecule has 2 amide bonds. The van der Waals surface area contributed by atoms with Crippen molar-refractivity contribution in [2.75, 3.05) is 36.4 Å². The Bertz CT molecular complexity index is 1540. The number of fused-ring (bicyclic) bond motifs is 1. The van der Waals surface area contributed by atoms with E-state index >= 15 is 0 Å². The lowest BCUT2D eigenvalue weighted by Crippen LogP contribution is -2.48. The smallest absolute Gasteiger partial charge is 0.344 e. The van der Waals surface area contributed by atoms with Gasteiger partial charge in [0, 0.05) is 49.2 Å². The summed E-state index contributed by atoms with van der Waals surface area (Å²) in [4.78, 5) is 41.5. The Kier molecular flexibility index (Phi) is 6.97. The molecule has 7 nitrogen and oxygen atoms in total. The summed E-state index contributed by atoms with van der Waals surface area (Å²) >= 11 is 6.57. The van der Waals surface area contributed by atoms with Gasteiger partial charge in [0.05, 0.1) is 16.3 Å². The first-order chi connectivity index (χ1) is 17.9. The Morgan fingerprint density at radius 2 is 1.73 bits per heavy atom. The molecule has 0 bridgehead atoms. The molecule has 37 heavy (non-hydrogen) atoms. The van der Waals surface area contributed by atoms with E-state index in [1.54, 1.807) is 42.5 Å². The first kappa shape index (κ1) is 24.6. The van der Waals surface area contributed by atoms with Gasteiger partial charge in [0.1, 0.15) is 5.58 Å². The van der Waals surface area contributed by atoms with Gasteiger partial charge in [-0.15, -0.1) is 0 Å². The highest BCUT2D eigenvalue weighted by Gasteiger charge is 2.22. The van der Waals surface area contributed by atoms with Gasteiger partial charge in [0.25, 0.3) is 5.91 Å². The van der Waals surface area contributed by atoms with Crippen molar-refractivity contribution in [1.29, 1.82) is 0 Å². The first-order valence-corrected chi connectivity index (χ1v) is 12.6. The number of benzene rings is 3. The van der Waals surface area contributed by atoms with E-state index in [1.807, 2.05) is 42.2 Å². The maximum atomic E-state index is 13.0. The molecule has 2 heterocycles. The number of anilines is 2. The molecule has 0 unspecified atom stereocenters. The first-order valence-electron chi connectivity index (χ1n) is 12.2. The lowest BCUT2D eigenvalue weighted by Gasteiger charge is -2.36. The summed E-state index contributed by atoms with van der Waals surface area (Å²) in [6.45, 7) is 4.59. The Morgan fingerprint density at radius 1 is 0.946 bits per heavy atom. The number of hydrogen-bond donors (Lipinski definition) is 1. The van der Waals surface area contributed by atoms with Crippen LogP contribution in [0, 0.1) is 0 Å². The van der Waals surface area contributed by atoms with E-state index in [0.717, 1.165) is 11.1 Å². The van der Waals surface area contributed by atoms with Gasteiger partial charge >= 0.3 is 5.63 Å². The highest BCUT2D eigenvalue weighted by Crippen LogP contribution is 2.30. The van der Waals surface area contributed by atoms with Crippen LogP contribution in [0.1, 0.15) is 23.7 Å². The topological polar surface area (TPSA) is 82.9 Å². The second-order valence-electron chi connectivity index (χ2n) is 8.91. The Morgan fingerprint density at radius 3 is 2.49 bits per heavy atom. The van der Waals surface area contributed by atoms with Crippen LogP contribution in [-0.2, 0) is 4.79 Å². The summed E-state index contributed by atoms with van der Waals surface area (Å²) in [5.41, 5.74) is 2.88. The number of halogens is 1. The summed E-state index contributed by atoms with van der Waals surface area (Å²) in [7, 11) is 0. The van der Waals surface area contributed by atoms with E-state index in [4.69, 9.17) is 16.0 Å². The van der Waals surface area contributed by atoms with E-state index in [1.165, 1.54) is 0 Å². The van der Waals surface area contributed by atoms with Crippen LogP contribution in [-0.4, -0.2) is 42.9 Å². The van der Waals surface area contributed by atoms with Crippen LogP contribution >= 0.6 is 11.6 Å². The average molecular weight is 516 g/mol. The van der Waals surface area contributed by atoms with E-state index in [-0.39, 0.29) is 11.8 Å². The number of para-hydroxylation sites is 1. The number of piperazine rings is 1. The lowest BCUT2D eigenvalue weighted by molar-refractivity contribution is -0.131. The fraction of sp³-hybridized carbons (Fsp3) is 0.207. The second-order valence-corrected chi connectivity index (χ2v) is 9.32. The van der Waals surface area contributed by atoms with Crippen molar-refractivity contribution in [3.05, 3.63) is 93.8 Å². The maximum Gasteiger partial charge on any atom is 0.344 e. The van der Waals surface area contributed by atoms with Crippen molar-refractivity contribution in [1.82, 2.24) is 4.90 Å². The van der Waals surface area contributed by atoms with E-state index < -0.39 is 5.63 Å². The molecule has 0 radical (unpaired) electrons. The SMILES string of the molecule is CCC(=O)N1CCN(c2ccc(NC(=O)c3cccc(-c4cc5ccccc5oc4=O)c3)cc2Cl)CC1. The van der Waals surface area contributed by atoms with Gasteiger partial charge < -0.3 is 19.5 Å². The Balaban J connectivity index is 1.31. The monoisotopic (exact) mass is 515 g/mol. The Hall–Kier alpha value is -4.10. The molecule has 8 heteroatoms. The molecule has 0 spiro atoms. The summed E-state index contributed by atoms with van der Waals surface area (Å²) in [6, 6.07) is 21.4. The van der Waals surface area contributed by atoms with E-state index in [9.17, 15) is 14.4 Å². The summed E-state index contributed by atoms with van der Waals surface area (Å²) in [5.74, 6) is -0.156. The predicted octanol–water partition coefficient (Wildman–Crippen LogP) is 5.42. The molecular weight excluding hydrogens is 490 g/mol. The zero-order valence-corrected chi connectivity index (χ0v) is 21.1. The molecule has 1 aliphatic heterocycles. The molecule has 0 saturated carbocycles. The highest BCUT2D eigenvalue weighted by molar-refractivity contribution is 6.33. The minimum absolute atomic E-state index is 0.161. The second kappa shape index (κ2) is 10.5. The molecule has 0 atom stereocenters. The van der Waals surface area contributed by atoms with E-state index in [2.05, 4.69) is 10.2 Å². The fourth-order valence-corrected chi connectivity index (χ4v) is 4.86. The number of rotatable bonds is 5. The normalized spacial score (nSPS) is 13.6. The van der Waals surface area contributed by atoms with Crippen molar-refractivity contribution in [2.45, 2.75) is 13.3 Å². The number of nitrogens with one attached hydrogen (secondary N) is 1. The quantitative estimate of drug-likeness (QED) is 0.359. The molecule has 4 aromatic rings. The highest BCUT2D eigenvalue weighted by atomic mass is 35.5. The number of carbonyl (C=O) groups is 2. The van der Waals surface area contributed by atoms with Gasteiger partial charge in [-0.2, -0.15) is 0 Å². The van der Waals surface area contributed by atoms with Crippen molar-refractivity contribution in [3.63, 3.8) is 0 Å². The summed E-state index contributed by atoms with van der Waals surface area (Å²) in [5, 5.41) is 4.21. The maximum absolute atomic E-state index is 13.0. The molecule has 3 aromatic carbocycles. The number of carbonyl (C=O) groups excluding carboxylic acids is 2. The molecule has 1 saturated heterocycles. The van der Waals surface area contributed by atoms with Crippen molar-refractivity contribution >= 4 is 45.8 Å². The van der Waals surface area contributed by atoms with Crippen LogP contribution in [0.2, 0.25) is 5.02 Å². The molecule has 1 aliphatic rings. The van der Waals surface area contributed by atoms with Crippen LogP contribution in [0.3, 0.4) is 0 Å². The van der Waals surface area contributed by atoms with Crippen LogP contribution in [0.25, 0.3) is 22.1 Å². The zero-order chi connectivity index (χ0) is 25.9. The van der Waals surface area contributed by atoms with Gasteiger partial charge in [-0.25, -0.2) is 4.79 Å². The van der Waals surface area contributed by atoms with Gasteiger partial charge in [-0.1, -0.05) is 48.9 Å². The lowest BCUT2D eigenvalue weighted by atomic mass is 10.0. The van der Waals surface area contributed by atoms with E-state index in [0.29, 0.717) is 65.6 Å². The number of nitrogens with zero attached hydrogens (tertiary/aromatic N) is 2. The van der Waals surface area contributed by atoms with Gasteiger partial charge in [-0.3, -0.25) is 9.59 Å². The van der Waals surface area contributed by atoms with Crippen LogP contribution in [0.4, 0.5) is 11.4 Å².